The Hall–Kier alpha value is -2.81. The molecule has 0 unspecified atom stereocenters. The number of carbonyl (C=O) groups excluding carboxylic acids is 1. The smallest absolute Gasteiger partial charge is 0.352 e. The van der Waals surface area contributed by atoms with Crippen LogP contribution in [0.15, 0.2) is 47.8 Å². The third-order valence-corrected chi connectivity index (χ3v) is 4.70. The lowest BCUT2D eigenvalue weighted by atomic mass is 10.1. The number of rotatable bonds is 5. The predicted molar refractivity (Wildman–Crippen MR) is 94.5 cm³/mol. The minimum absolute atomic E-state index is 0.0383. The minimum atomic E-state index is -4.41. The van der Waals surface area contributed by atoms with E-state index in [1.807, 2.05) is 0 Å². The quantitative estimate of drug-likeness (QED) is 0.602. The van der Waals surface area contributed by atoms with Crippen LogP contribution in [0.3, 0.4) is 0 Å². The molecule has 0 bridgehead atoms. The Morgan fingerprint density at radius 3 is 2.29 bits per heavy atom. The number of nitrogens with one attached hydrogen (secondary N) is 1. The molecule has 1 aromatic heterocycles. The fourth-order valence-corrected chi connectivity index (χ4v) is 3.29. The maximum atomic E-state index is 13.1. The second-order valence-electron chi connectivity index (χ2n) is 5.95. The number of nitrogens with zero attached hydrogens (tertiary/aromatic N) is 1. The molecule has 28 heavy (non-hydrogen) atoms. The van der Waals surface area contributed by atoms with Crippen molar-refractivity contribution in [2.24, 2.45) is 0 Å². The minimum Gasteiger partial charge on any atom is -0.352 e. The number of carbonyl (C=O) groups is 1. The predicted octanol–water partition coefficient (Wildman–Crippen LogP) is 4.97. The van der Waals surface area contributed by atoms with E-state index < -0.39 is 29.3 Å². The highest BCUT2D eigenvalue weighted by atomic mass is 32.1. The molecule has 0 aliphatic rings. The lowest BCUT2D eigenvalue weighted by Crippen LogP contribution is -2.24. The first-order valence-corrected chi connectivity index (χ1v) is 8.92. The van der Waals surface area contributed by atoms with Crippen LogP contribution in [-0.4, -0.2) is 10.9 Å². The summed E-state index contributed by atoms with van der Waals surface area (Å²) in [6.45, 7) is -0.0383. The van der Waals surface area contributed by atoms with Crippen molar-refractivity contribution < 1.29 is 26.7 Å². The molecule has 0 radical (unpaired) electrons. The Labute approximate surface area is 160 Å². The number of aromatic nitrogens is 1. The number of halogens is 5. The summed E-state index contributed by atoms with van der Waals surface area (Å²) in [4.78, 5) is 16.2. The van der Waals surface area contributed by atoms with Crippen molar-refractivity contribution in [3.63, 3.8) is 0 Å². The van der Waals surface area contributed by atoms with Gasteiger partial charge in [-0.2, -0.15) is 13.2 Å². The van der Waals surface area contributed by atoms with E-state index in [0.717, 1.165) is 30.3 Å². The summed E-state index contributed by atoms with van der Waals surface area (Å²) < 4.78 is 64.1. The van der Waals surface area contributed by atoms with Crippen LogP contribution in [0.2, 0.25) is 0 Å². The number of thiazole rings is 1. The van der Waals surface area contributed by atoms with Gasteiger partial charge in [0.15, 0.2) is 0 Å². The molecule has 2 aromatic carbocycles. The zero-order valence-corrected chi connectivity index (χ0v) is 15.0. The van der Waals surface area contributed by atoms with Gasteiger partial charge in [0.1, 0.15) is 16.6 Å². The van der Waals surface area contributed by atoms with Crippen LogP contribution in [-0.2, 0) is 23.9 Å². The summed E-state index contributed by atoms with van der Waals surface area (Å²) >= 11 is 1.20. The molecule has 3 nitrogen and oxygen atoms in total. The monoisotopic (exact) mass is 412 g/mol. The molecule has 0 saturated carbocycles. The van der Waals surface area contributed by atoms with Gasteiger partial charge in [-0.05, 0) is 29.8 Å². The molecule has 1 heterocycles. The van der Waals surface area contributed by atoms with Crippen LogP contribution in [0.25, 0.3) is 10.6 Å². The van der Waals surface area contributed by atoms with E-state index in [2.05, 4.69) is 10.3 Å². The molecule has 3 rings (SSSR count). The number of hydrogen-bond donors (Lipinski definition) is 1. The summed E-state index contributed by atoms with van der Waals surface area (Å²) in [6, 6.07) is 7.57. The number of alkyl halides is 3. The summed E-state index contributed by atoms with van der Waals surface area (Å²) in [6.07, 6.45) is -4.47. The first-order valence-electron chi connectivity index (χ1n) is 8.04. The van der Waals surface area contributed by atoms with Crippen LogP contribution in [0.5, 0.6) is 0 Å². The van der Waals surface area contributed by atoms with E-state index in [4.69, 9.17) is 0 Å². The van der Waals surface area contributed by atoms with E-state index in [0.29, 0.717) is 16.3 Å². The molecule has 3 aromatic rings. The number of benzene rings is 2. The molecule has 1 N–H and O–H groups in total. The Morgan fingerprint density at radius 2 is 1.68 bits per heavy atom. The Bertz CT molecular complexity index is 962. The summed E-state index contributed by atoms with van der Waals surface area (Å²) in [5.74, 6) is -1.86. The average molecular weight is 412 g/mol. The Kier molecular flexibility index (Phi) is 5.73. The van der Waals surface area contributed by atoms with Crippen molar-refractivity contribution in [2.75, 3.05) is 0 Å². The summed E-state index contributed by atoms with van der Waals surface area (Å²) in [7, 11) is 0. The van der Waals surface area contributed by atoms with Gasteiger partial charge in [0.2, 0.25) is 5.91 Å². The fourth-order valence-electron chi connectivity index (χ4n) is 2.46. The van der Waals surface area contributed by atoms with Crippen LogP contribution in [0.1, 0.15) is 16.8 Å². The SMILES string of the molecule is O=C(Cc1csc(-c2ccc(C(F)(F)F)cc2)n1)NCc1cc(F)cc(F)c1. The van der Waals surface area contributed by atoms with Crippen LogP contribution < -0.4 is 5.32 Å². The van der Waals surface area contributed by atoms with Crippen molar-refractivity contribution >= 4 is 17.2 Å². The normalized spacial score (nSPS) is 11.5. The fraction of sp³-hybridized carbons (Fsp3) is 0.158. The summed E-state index contributed by atoms with van der Waals surface area (Å²) in [5.41, 5.74) is 0.499. The van der Waals surface area contributed by atoms with Gasteiger partial charge >= 0.3 is 6.18 Å². The van der Waals surface area contributed by atoms with E-state index in [9.17, 15) is 26.7 Å². The van der Waals surface area contributed by atoms with Gasteiger partial charge in [-0.25, -0.2) is 13.8 Å². The Morgan fingerprint density at radius 1 is 1.04 bits per heavy atom. The van der Waals surface area contributed by atoms with E-state index in [1.165, 1.54) is 23.5 Å². The molecular formula is C19H13F5N2OS. The van der Waals surface area contributed by atoms with Gasteiger partial charge < -0.3 is 5.32 Å². The first-order chi connectivity index (χ1) is 13.2. The molecule has 1 amide bonds. The number of amides is 1. The van der Waals surface area contributed by atoms with E-state index in [-0.39, 0.29) is 18.5 Å². The topological polar surface area (TPSA) is 42.0 Å². The standard InChI is InChI=1S/C19H13F5N2OS/c20-14-5-11(6-15(21)7-14)9-25-17(27)8-16-10-28-18(26-16)12-1-3-13(4-2-12)19(22,23)24/h1-7,10H,8-9H2,(H,25,27). The largest absolute Gasteiger partial charge is 0.416 e. The van der Waals surface area contributed by atoms with Crippen molar-refractivity contribution in [3.8, 4) is 10.6 Å². The van der Waals surface area contributed by atoms with Crippen molar-refractivity contribution in [3.05, 3.63) is 76.3 Å². The zero-order chi connectivity index (χ0) is 20.3. The highest BCUT2D eigenvalue weighted by Crippen LogP contribution is 2.31. The van der Waals surface area contributed by atoms with Crippen molar-refractivity contribution in [1.29, 1.82) is 0 Å². The lowest BCUT2D eigenvalue weighted by Gasteiger charge is -2.06. The molecule has 0 aliphatic heterocycles. The molecular weight excluding hydrogens is 399 g/mol. The molecule has 0 fully saturated rings. The molecule has 0 aliphatic carbocycles. The molecule has 0 atom stereocenters. The van der Waals surface area contributed by atoms with E-state index >= 15 is 0 Å². The zero-order valence-electron chi connectivity index (χ0n) is 14.2. The van der Waals surface area contributed by atoms with Crippen molar-refractivity contribution in [2.45, 2.75) is 19.1 Å². The molecule has 9 heteroatoms. The van der Waals surface area contributed by atoms with Gasteiger partial charge in [-0.15, -0.1) is 11.3 Å². The lowest BCUT2D eigenvalue weighted by molar-refractivity contribution is -0.137. The molecule has 0 saturated heterocycles. The van der Waals surface area contributed by atoms with Gasteiger partial charge in [-0.1, -0.05) is 12.1 Å². The van der Waals surface area contributed by atoms with Crippen molar-refractivity contribution in [1.82, 2.24) is 10.3 Å². The maximum absolute atomic E-state index is 13.1. The number of hydrogen-bond acceptors (Lipinski definition) is 3. The second kappa shape index (κ2) is 8.05. The van der Waals surface area contributed by atoms with Crippen LogP contribution >= 0.6 is 11.3 Å². The third kappa shape index (κ3) is 5.13. The average Bonchev–Trinajstić information content (AvgIpc) is 3.07. The van der Waals surface area contributed by atoms with Gasteiger partial charge in [0.05, 0.1) is 17.7 Å². The first kappa shape index (κ1) is 19.9. The molecule has 0 spiro atoms. The third-order valence-electron chi connectivity index (χ3n) is 3.76. The Balaban J connectivity index is 1.60. The van der Waals surface area contributed by atoms with E-state index in [1.54, 1.807) is 5.38 Å². The van der Waals surface area contributed by atoms with Gasteiger partial charge in [0.25, 0.3) is 0 Å². The highest BCUT2D eigenvalue weighted by Gasteiger charge is 2.30. The molecule has 146 valence electrons. The van der Waals surface area contributed by atoms with Crippen LogP contribution in [0, 0.1) is 11.6 Å². The van der Waals surface area contributed by atoms with Crippen LogP contribution in [0.4, 0.5) is 22.0 Å². The second-order valence-corrected chi connectivity index (χ2v) is 6.81. The van der Waals surface area contributed by atoms with Gasteiger partial charge in [-0.3, -0.25) is 4.79 Å². The highest BCUT2D eigenvalue weighted by molar-refractivity contribution is 7.13. The maximum Gasteiger partial charge on any atom is 0.416 e. The summed E-state index contributed by atoms with van der Waals surface area (Å²) in [5, 5.41) is 4.67. The van der Waals surface area contributed by atoms with Gasteiger partial charge in [0, 0.05) is 23.6 Å².